The van der Waals surface area contributed by atoms with E-state index in [0.717, 1.165) is 5.71 Å². The molecule has 0 saturated carbocycles. The quantitative estimate of drug-likeness (QED) is 0.781. The van der Waals surface area contributed by atoms with Crippen molar-refractivity contribution in [2.24, 2.45) is 12.1 Å². The van der Waals surface area contributed by atoms with E-state index in [1.165, 1.54) is 9.13 Å². The second-order valence-electron chi connectivity index (χ2n) is 5.55. The van der Waals surface area contributed by atoms with E-state index in [1.54, 1.807) is 18.1 Å². The average Bonchev–Trinajstić information content (AvgIpc) is 2.91. The second kappa shape index (κ2) is 5.53. The third-order valence-electron chi connectivity index (χ3n) is 3.94. The standard InChI is InChI=1S/C15H20N6O2/c1-5-7-8-19-13(22)11-12(18(4)15(19)23)16-14-20(11)9-10(3)17-21(14)6-2/h5,7H,6,8-9H2,1-4H3/b7-5+. The van der Waals surface area contributed by atoms with Gasteiger partial charge in [0, 0.05) is 20.1 Å². The van der Waals surface area contributed by atoms with Crippen molar-refractivity contribution >= 4 is 22.8 Å². The Morgan fingerprint density at radius 2 is 2.04 bits per heavy atom. The third-order valence-corrected chi connectivity index (χ3v) is 3.94. The summed E-state index contributed by atoms with van der Waals surface area (Å²) in [6.07, 6.45) is 3.60. The fourth-order valence-corrected chi connectivity index (χ4v) is 2.80. The van der Waals surface area contributed by atoms with Crippen molar-refractivity contribution in [3.05, 3.63) is 33.0 Å². The van der Waals surface area contributed by atoms with Crippen molar-refractivity contribution in [3.8, 4) is 0 Å². The molecule has 0 atom stereocenters. The fourth-order valence-electron chi connectivity index (χ4n) is 2.80. The number of anilines is 1. The molecule has 8 heteroatoms. The van der Waals surface area contributed by atoms with E-state index in [1.807, 2.05) is 31.4 Å². The molecule has 0 amide bonds. The largest absolute Gasteiger partial charge is 0.332 e. The monoisotopic (exact) mass is 316 g/mol. The first-order valence-electron chi connectivity index (χ1n) is 7.62. The van der Waals surface area contributed by atoms with Crippen molar-refractivity contribution in [2.75, 3.05) is 11.6 Å². The molecule has 0 aromatic carbocycles. The summed E-state index contributed by atoms with van der Waals surface area (Å²) >= 11 is 0. The summed E-state index contributed by atoms with van der Waals surface area (Å²) in [6, 6.07) is 0. The van der Waals surface area contributed by atoms with Gasteiger partial charge in [-0.25, -0.2) is 9.80 Å². The Morgan fingerprint density at radius 1 is 1.30 bits per heavy atom. The molecule has 0 bridgehead atoms. The van der Waals surface area contributed by atoms with Crippen molar-refractivity contribution < 1.29 is 0 Å². The molecule has 1 aliphatic rings. The van der Waals surface area contributed by atoms with Gasteiger partial charge < -0.3 is 0 Å². The van der Waals surface area contributed by atoms with Gasteiger partial charge in [0.25, 0.3) is 5.56 Å². The van der Waals surface area contributed by atoms with Crippen molar-refractivity contribution in [3.63, 3.8) is 0 Å². The smallest absolute Gasteiger partial charge is 0.297 e. The number of aromatic nitrogens is 4. The van der Waals surface area contributed by atoms with Crippen molar-refractivity contribution in [1.29, 1.82) is 0 Å². The Bertz CT molecular complexity index is 943. The minimum absolute atomic E-state index is 0.253. The third kappa shape index (κ3) is 2.21. The molecule has 3 heterocycles. The summed E-state index contributed by atoms with van der Waals surface area (Å²) in [7, 11) is 1.64. The number of fused-ring (bicyclic) bond motifs is 3. The number of allylic oxidation sites excluding steroid dienone is 2. The summed E-state index contributed by atoms with van der Waals surface area (Å²) < 4.78 is 4.50. The number of hydrazone groups is 1. The van der Waals surface area contributed by atoms with Gasteiger partial charge in [0.1, 0.15) is 0 Å². The van der Waals surface area contributed by atoms with Crippen LogP contribution in [0.5, 0.6) is 0 Å². The number of aryl methyl sites for hydroxylation is 1. The zero-order valence-corrected chi connectivity index (χ0v) is 13.8. The van der Waals surface area contributed by atoms with Crippen LogP contribution in [-0.4, -0.2) is 30.9 Å². The molecule has 3 rings (SSSR count). The number of rotatable bonds is 3. The normalized spacial score (nSPS) is 14.6. The molecule has 0 radical (unpaired) electrons. The molecule has 2 aromatic heterocycles. The van der Waals surface area contributed by atoms with Gasteiger partial charge in [-0.15, -0.1) is 0 Å². The summed E-state index contributed by atoms with van der Waals surface area (Å²) in [6.45, 7) is 7.13. The Hall–Kier alpha value is -2.64. The van der Waals surface area contributed by atoms with Gasteiger partial charge in [-0.1, -0.05) is 12.2 Å². The maximum atomic E-state index is 12.8. The predicted octanol–water partition coefficient (Wildman–Crippen LogP) is 0.689. The molecule has 0 saturated heterocycles. The van der Waals surface area contributed by atoms with Crippen LogP contribution in [0.2, 0.25) is 0 Å². The minimum Gasteiger partial charge on any atom is -0.297 e. The van der Waals surface area contributed by atoms with E-state index in [4.69, 9.17) is 0 Å². The van der Waals surface area contributed by atoms with Gasteiger partial charge in [-0.05, 0) is 20.8 Å². The van der Waals surface area contributed by atoms with E-state index in [2.05, 4.69) is 10.1 Å². The molecular formula is C15H20N6O2. The van der Waals surface area contributed by atoms with E-state index >= 15 is 0 Å². The van der Waals surface area contributed by atoms with Gasteiger partial charge in [0.2, 0.25) is 5.95 Å². The maximum absolute atomic E-state index is 12.8. The summed E-state index contributed by atoms with van der Waals surface area (Å²) in [5.74, 6) is 0.601. The van der Waals surface area contributed by atoms with Gasteiger partial charge in [0.15, 0.2) is 11.2 Å². The molecule has 23 heavy (non-hydrogen) atoms. The van der Waals surface area contributed by atoms with Crippen molar-refractivity contribution in [1.82, 2.24) is 18.7 Å². The summed E-state index contributed by atoms with van der Waals surface area (Å²) in [4.78, 5) is 29.8. The van der Waals surface area contributed by atoms with Crippen LogP contribution in [0.15, 0.2) is 26.8 Å². The lowest BCUT2D eigenvalue weighted by atomic mass is 10.3. The van der Waals surface area contributed by atoms with Crippen LogP contribution in [0.3, 0.4) is 0 Å². The first kappa shape index (κ1) is 15.3. The van der Waals surface area contributed by atoms with E-state index in [0.29, 0.717) is 30.2 Å². The molecule has 1 aliphatic heterocycles. The van der Waals surface area contributed by atoms with Crippen LogP contribution in [0.1, 0.15) is 20.8 Å². The molecule has 0 spiro atoms. The van der Waals surface area contributed by atoms with Gasteiger partial charge >= 0.3 is 5.69 Å². The number of hydrogen-bond donors (Lipinski definition) is 0. The van der Waals surface area contributed by atoms with Crippen LogP contribution >= 0.6 is 0 Å². The first-order chi connectivity index (χ1) is 11.0. The van der Waals surface area contributed by atoms with Crippen LogP contribution in [0.25, 0.3) is 11.2 Å². The fraction of sp³-hybridized carbons (Fsp3) is 0.467. The molecule has 122 valence electrons. The van der Waals surface area contributed by atoms with Gasteiger partial charge in [-0.3, -0.25) is 18.5 Å². The highest BCUT2D eigenvalue weighted by Crippen LogP contribution is 2.23. The molecular weight excluding hydrogens is 296 g/mol. The lowest BCUT2D eigenvalue weighted by Gasteiger charge is -2.23. The van der Waals surface area contributed by atoms with Crippen LogP contribution in [-0.2, 0) is 20.1 Å². The highest BCUT2D eigenvalue weighted by Gasteiger charge is 2.25. The molecule has 2 aromatic rings. The molecule has 0 N–H and O–H groups in total. The molecule has 8 nitrogen and oxygen atoms in total. The number of nitrogens with zero attached hydrogens (tertiary/aromatic N) is 6. The van der Waals surface area contributed by atoms with Gasteiger partial charge in [-0.2, -0.15) is 10.1 Å². The van der Waals surface area contributed by atoms with Gasteiger partial charge in [0.05, 0.1) is 12.3 Å². The lowest BCUT2D eigenvalue weighted by Crippen LogP contribution is -2.39. The Labute approximate surface area is 133 Å². The Kier molecular flexibility index (Phi) is 3.67. The summed E-state index contributed by atoms with van der Waals surface area (Å²) in [5, 5.41) is 6.20. The SMILES string of the molecule is C/C=C/Cn1c(=O)c2c(nc3n2CC(C)=NN3CC)n(C)c1=O. The molecule has 0 fully saturated rings. The average molecular weight is 316 g/mol. The topological polar surface area (TPSA) is 77.4 Å². The van der Waals surface area contributed by atoms with Crippen LogP contribution in [0, 0.1) is 0 Å². The number of hydrogen-bond acceptors (Lipinski definition) is 5. The van der Waals surface area contributed by atoms with Crippen LogP contribution < -0.4 is 16.3 Å². The van der Waals surface area contributed by atoms with Crippen LogP contribution in [0.4, 0.5) is 5.95 Å². The number of imidazole rings is 1. The summed E-state index contributed by atoms with van der Waals surface area (Å²) in [5.41, 5.74) is 1.06. The highest BCUT2D eigenvalue weighted by atomic mass is 16.2. The zero-order chi connectivity index (χ0) is 16.7. The lowest BCUT2D eigenvalue weighted by molar-refractivity contribution is 0.662. The molecule has 0 unspecified atom stereocenters. The van der Waals surface area contributed by atoms with E-state index < -0.39 is 0 Å². The maximum Gasteiger partial charge on any atom is 0.332 e. The zero-order valence-electron chi connectivity index (χ0n) is 13.8. The first-order valence-corrected chi connectivity index (χ1v) is 7.62. The molecule has 0 aliphatic carbocycles. The van der Waals surface area contributed by atoms with Crippen molar-refractivity contribution in [2.45, 2.75) is 33.9 Å². The second-order valence-corrected chi connectivity index (χ2v) is 5.55. The van der Waals surface area contributed by atoms with E-state index in [9.17, 15) is 9.59 Å². The minimum atomic E-state index is -0.364. The van der Waals surface area contributed by atoms with E-state index in [-0.39, 0.29) is 17.8 Å². The Balaban J connectivity index is 2.37. The predicted molar refractivity (Wildman–Crippen MR) is 90.2 cm³/mol. The Morgan fingerprint density at radius 3 is 2.70 bits per heavy atom. The highest BCUT2D eigenvalue weighted by molar-refractivity contribution is 5.87.